The minimum atomic E-state index is -0.0474. The van der Waals surface area contributed by atoms with E-state index in [1.165, 1.54) is 0 Å². The van der Waals surface area contributed by atoms with Gasteiger partial charge in [-0.1, -0.05) is 22.9 Å². The van der Waals surface area contributed by atoms with Gasteiger partial charge < -0.3 is 16.0 Å². The zero-order valence-corrected chi connectivity index (χ0v) is 10.8. The van der Waals surface area contributed by atoms with Crippen molar-refractivity contribution in [3.05, 3.63) is 43.5 Å². The van der Waals surface area contributed by atoms with Crippen LogP contribution in [-0.2, 0) is 6.54 Å². The first-order valence-electron chi connectivity index (χ1n) is 5.02. The van der Waals surface area contributed by atoms with E-state index >= 15 is 0 Å². The summed E-state index contributed by atoms with van der Waals surface area (Å²) >= 11 is 7.10. The lowest BCUT2D eigenvalue weighted by molar-refractivity contribution is 1.06. The van der Waals surface area contributed by atoms with Gasteiger partial charge in [0.05, 0.1) is 17.3 Å². The summed E-state index contributed by atoms with van der Waals surface area (Å²) in [5.41, 5.74) is 9.05. The lowest BCUT2D eigenvalue weighted by Gasteiger charge is -2.10. The van der Waals surface area contributed by atoms with E-state index in [0.717, 1.165) is 28.3 Å². The van der Waals surface area contributed by atoms with Crippen molar-refractivity contribution >= 4 is 34.3 Å². The van der Waals surface area contributed by atoms with Gasteiger partial charge >= 0.3 is 4.87 Å². The fourth-order valence-electron chi connectivity index (χ4n) is 1.49. The number of nitrogens with one attached hydrogen (secondary N) is 2. The van der Waals surface area contributed by atoms with E-state index in [2.05, 4.69) is 10.3 Å². The number of hydrogen-bond donors (Lipinski definition) is 3. The van der Waals surface area contributed by atoms with Gasteiger partial charge in [0.2, 0.25) is 0 Å². The van der Waals surface area contributed by atoms with Crippen LogP contribution in [0, 0.1) is 6.92 Å². The second-order valence-corrected chi connectivity index (χ2v) is 4.96. The summed E-state index contributed by atoms with van der Waals surface area (Å²) in [4.78, 5) is 13.7. The van der Waals surface area contributed by atoms with E-state index in [1.807, 2.05) is 13.0 Å². The van der Waals surface area contributed by atoms with Crippen molar-refractivity contribution in [2.45, 2.75) is 13.5 Å². The monoisotopic (exact) mass is 269 g/mol. The predicted molar refractivity (Wildman–Crippen MR) is 72.9 cm³/mol. The van der Waals surface area contributed by atoms with Crippen LogP contribution in [0.3, 0.4) is 0 Å². The molecule has 0 amide bonds. The molecule has 0 aliphatic heterocycles. The van der Waals surface area contributed by atoms with Crippen LogP contribution in [0.5, 0.6) is 0 Å². The van der Waals surface area contributed by atoms with E-state index < -0.39 is 0 Å². The third-order valence-electron chi connectivity index (χ3n) is 2.38. The Morgan fingerprint density at radius 1 is 1.53 bits per heavy atom. The first-order chi connectivity index (χ1) is 8.06. The third-order valence-corrected chi connectivity index (χ3v) is 3.43. The average Bonchev–Trinajstić information content (AvgIpc) is 2.68. The molecular weight excluding hydrogens is 258 g/mol. The molecule has 0 aliphatic rings. The number of thiazole rings is 1. The van der Waals surface area contributed by atoms with Gasteiger partial charge in [-0.25, -0.2) is 0 Å². The summed E-state index contributed by atoms with van der Waals surface area (Å²) in [5, 5.41) is 5.53. The molecule has 1 aromatic heterocycles. The van der Waals surface area contributed by atoms with Crippen LogP contribution >= 0.6 is 22.9 Å². The van der Waals surface area contributed by atoms with Crippen molar-refractivity contribution in [1.82, 2.24) is 4.98 Å². The van der Waals surface area contributed by atoms with E-state index in [4.69, 9.17) is 17.3 Å². The normalized spacial score (nSPS) is 10.5. The van der Waals surface area contributed by atoms with Gasteiger partial charge in [-0.05, 0) is 24.6 Å². The second kappa shape index (κ2) is 4.81. The van der Waals surface area contributed by atoms with E-state index in [9.17, 15) is 4.79 Å². The van der Waals surface area contributed by atoms with Crippen LogP contribution in [0.2, 0.25) is 5.02 Å². The number of benzene rings is 1. The Bertz CT molecular complexity index is 591. The molecule has 0 radical (unpaired) electrons. The Balaban J connectivity index is 2.14. The smallest absolute Gasteiger partial charge is 0.304 e. The molecule has 1 aromatic carbocycles. The highest BCUT2D eigenvalue weighted by molar-refractivity contribution is 7.07. The highest BCUT2D eigenvalue weighted by Crippen LogP contribution is 2.26. The molecular formula is C11H12ClN3OS. The molecule has 0 atom stereocenters. The van der Waals surface area contributed by atoms with Crippen LogP contribution in [-0.4, -0.2) is 4.98 Å². The molecule has 4 nitrogen and oxygen atoms in total. The Morgan fingerprint density at radius 3 is 2.94 bits per heavy atom. The molecule has 4 N–H and O–H groups in total. The number of H-pyrrole nitrogens is 1. The summed E-state index contributed by atoms with van der Waals surface area (Å²) in [6.07, 6.45) is 0. The number of rotatable bonds is 3. The Morgan fingerprint density at radius 2 is 2.29 bits per heavy atom. The molecule has 0 spiro atoms. The highest BCUT2D eigenvalue weighted by atomic mass is 35.5. The fourth-order valence-corrected chi connectivity index (χ4v) is 2.23. The maximum Gasteiger partial charge on any atom is 0.304 e. The Hall–Kier alpha value is -1.46. The second-order valence-electron chi connectivity index (χ2n) is 3.72. The molecule has 0 unspecified atom stereocenters. The molecule has 2 rings (SSSR count). The first kappa shape index (κ1) is 12.0. The van der Waals surface area contributed by atoms with Gasteiger partial charge in [0.15, 0.2) is 0 Å². The maximum absolute atomic E-state index is 11.0. The van der Waals surface area contributed by atoms with Crippen molar-refractivity contribution in [2.75, 3.05) is 11.1 Å². The number of anilines is 2. The van der Waals surface area contributed by atoms with Crippen LogP contribution in [0.15, 0.2) is 22.3 Å². The molecule has 1 heterocycles. The predicted octanol–water partition coefficient (Wildman–Crippen LogP) is 2.59. The molecule has 6 heteroatoms. The lowest BCUT2D eigenvalue weighted by Crippen LogP contribution is -2.04. The van der Waals surface area contributed by atoms with Crippen LogP contribution in [0.4, 0.5) is 11.4 Å². The van der Waals surface area contributed by atoms with Gasteiger partial charge in [-0.2, -0.15) is 0 Å². The molecule has 0 saturated carbocycles. The Labute approximate surface area is 107 Å². The number of aryl methyl sites for hydroxylation is 1. The van der Waals surface area contributed by atoms with Gasteiger partial charge in [-0.3, -0.25) is 4.79 Å². The lowest BCUT2D eigenvalue weighted by atomic mass is 10.2. The van der Waals surface area contributed by atoms with Crippen molar-refractivity contribution in [2.24, 2.45) is 0 Å². The molecule has 2 aromatic rings. The topological polar surface area (TPSA) is 70.9 Å². The largest absolute Gasteiger partial charge is 0.398 e. The van der Waals surface area contributed by atoms with Crippen molar-refractivity contribution in [1.29, 1.82) is 0 Å². The van der Waals surface area contributed by atoms with Crippen molar-refractivity contribution in [3.8, 4) is 0 Å². The molecule has 0 saturated heterocycles. The molecule has 0 fully saturated rings. The molecule has 0 bridgehead atoms. The molecule has 90 valence electrons. The maximum atomic E-state index is 11.0. The van der Waals surface area contributed by atoms with E-state index in [1.54, 1.807) is 11.4 Å². The zero-order chi connectivity index (χ0) is 12.4. The van der Waals surface area contributed by atoms with Crippen LogP contribution in [0.25, 0.3) is 0 Å². The third kappa shape index (κ3) is 2.81. The number of nitrogens with two attached hydrogens (primary N) is 1. The summed E-state index contributed by atoms with van der Waals surface area (Å²) < 4.78 is 0. The molecule has 17 heavy (non-hydrogen) atoms. The summed E-state index contributed by atoms with van der Waals surface area (Å²) in [5.74, 6) is 0. The van der Waals surface area contributed by atoms with E-state index in [0.29, 0.717) is 17.3 Å². The number of aromatic amines is 1. The van der Waals surface area contributed by atoms with Crippen molar-refractivity contribution < 1.29 is 0 Å². The highest BCUT2D eigenvalue weighted by Gasteiger charge is 2.04. The number of halogens is 1. The minimum Gasteiger partial charge on any atom is -0.398 e. The average molecular weight is 270 g/mol. The summed E-state index contributed by atoms with van der Waals surface area (Å²) in [7, 11) is 0. The fraction of sp³-hybridized carbons (Fsp3) is 0.182. The van der Waals surface area contributed by atoms with E-state index in [-0.39, 0.29) is 4.87 Å². The van der Waals surface area contributed by atoms with Crippen LogP contribution < -0.4 is 15.9 Å². The van der Waals surface area contributed by atoms with Gasteiger partial charge in [-0.15, -0.1) is 0 Å². The summed E-state index contributed by atoms with van der Waals surface area (Å²) in [6, 6.07) is 3.61. The minimum absolute atomic E-state index is 0.0474. The Kier molecular flexibility index (Phi) is 3.40. The zero-order valence-electron chi connectivity index (χ0n) is 9.21. The number of hydrogen-bond acceptors (Lipinski definition) is 4. The SMILES string of the molecule is Cc1cc(N)c(Cl)cc1NCc1csc(=O)[nH]1. The molecule has 0 aliphatic carbocycles. The van der Waals surface area contributed by atoms with Gasteiger partial charge in [0.1, 0.15) is 0 Å². The standard InChI is InChI=1S/C11H12ClN3OS/c1-6-2-9(13)8(12)3-10(6)14-4-7-5-17-11(16)15-7/h2-3,5,14H,4,13H2,1H3,(H,15,16). The quantitative estimate of drug-likeness (QED) is 0.750. The number of aromatic nitrogens is 1. The van der Waals surface area contributed by atoms with Crippen LogP contribution in [0.1, 0.15) is 11.3 Å². The number of nitrogen functional groups attached to an aromatic ring is 1. The van der Waals surface area contributed by atoms with Gasteiger partial charge in [0, 0.05) is 16.8 Å². The van der Waals surface area contributed by atoms with Crippen molar-refractivity contribution in [3.63, 3.8) is 0 Å². The first-order valence-corrected chi connectivity index (χ1v) is 6.28. The summed E-state index contributed by atoms with van der Waals surface area (Å²) in [6.45, 7) is 2.51. The van der Waals surface area contributed by atoms with Gasteiger partial charge in [0.25, 0.3) is 0 Å².